The van der Waals surface area contributed by atoms with Gasteiger partial charge in [-0.2, -0.15) is 0 Å². The van der Waals surface area contributed by atoms with Gasteiger partial charge in [-0.05, 0) is 30.3 Å². The first-order valence-corrected chi connectivity index (χ1v) is 7.72. The fourth-order valence-corrected chi connectivity index (χ4v) is 2.94. The van der Waals surface area contributed by atoms with Crippen molar-refractivity contribution in [1.29, 1.82) is 0 Å². The number of ketones is 1. The van der Waals surface area contributed by atoms with E-state index in [-0.39, 0.29) is 12.2 Å². The molecule has 6 nitrogen and oxygen atoms in total. The molecule has 0 amide bonds. The number of methoxy groups -OCH3 is 3. The summed E-state index contributed by atoms with van der Waals surface area (Å²) in [7, 11) is 4.53. The van der Waals surface area contributed by atoms with Gasteiger partial charge in [-0.25, -0.2) is 4.79 Å². The first-order valence-electron chi connectivity index (χ1n) is 7.72. The van der Waals surface area contributed by atoms with Crippen molar-refractivity contribution >= 4 is 11.8 Å². The van der Waals surface area contributed by atoms with E-state index in [2.05, 4.69) is 0 Å². The molecule has 0 N–H and O–H groups in total. The van der Waals surface area contributed by atoms with E-state index in [4.69, 9.17) is 18.9 Å². The summed E-state index contributed by atoms with van der Waals surface area (Å²) in [6, 6.07) is 10.1. The molecule has 1 heterocycles. The highest BCUT2D eigenvalue weighted by atomic mass is 16.6. The Morgan fingerprint density at radius 2 is 1.80 bits per heavy atom. The van der Waals surface area contributed by atoms with Crippen molar-refractivity contribution in [3.05, 3.63) is 53.1 Å². The van der Waals surface area contributed by atoms with Gasteiger partial charge in [-0.3, -0.25) is 4.79 Å². The molecule has 1 atom stereocenters. The molecule has 25 heavy (non-hydrogen) atoms. The number of Topliss-reactive ketones (excluding diaryl/α,β-unsaturated/α-hetero) is 1. The molecule has 1 aliphatic heterocycles. The van der Waals surface area contributed by atoms with Gasteiger partial charge in [0.25, 0.3) is 0 Å². The maximum atomic E-state index is 12.8. The predicted molar refractivity (Wildman–Crippen MR) is 89.6 cm³/mol. The van der Waals surface area contributed by atoms with E-state index in [1.807, 2.05) is 0 Å². The van der Waals surface area contributed by atoms with Gasteiger partial charge in [0.05, 0.1) is 38.9 Å². The van der Waals surface area contributed by atoms with E-state index in [1.54, 1.807) is 36.4 Å². The molecule has 0 fully saturated rings. The van der Waals surface area contributed by atoms with Crippen molar-refractivity contribution in [3.63, 3.8) is 0 Å². The third-order valence-electron chi connectivity index (χ3n) is 4.16. The molecular formula is C19H18O6. The van der Waals surface area contributed by atoms with Gasteiger partial charge in [-0.1, -0.05) is 6.07 Å². The number of carbonyl (C=O) groups is 2. The number of rotatable bonds is 6. The van der Waals surface area contributed by atoms with Crippen molar-refractivity contribution in [3.8, 4) is 17.2 Å². The van der Waals surface area contributed by atoms with Crippen LogP contribution in [0.1, 0.15) is 38.8 Å². The highest BCUT2D eigenvalue weighted by Gasteiger charge is 2.36. The van der Waals surface area contributed by atoms with Crippen molar-refractivity contribution in [2.24, 2.45) is 0 Å². The molecule has 0 spiro atoms. The minimum atomic E-state index is -0.693. The first-order chi connectivity index (χ1) is 12.1. The van der Waals surface area contributed by atoms with E-state index in [9.17, 15) is 9.59 Å². The molecule has 2 aromatic carbocycles. The van der Waals surface area contributed by atoms with E-state index < -0.39 is 12.1 Å². The molecule has 1 unspecified atom stereocenters. The lowest BCUT2D eigenvalue weighted by molar-refractivity contribution is 0.0364. The second-order valence-corrected chi connectivity index (χ2v) is 5.51. The highest BCUT2D eigenvalue weighted by Crippen LogP contribution is 2.40. The minimum Gasteiger partial charge on any atom is -0.497 e. The first kappa shape index (κ1) is 16.8. The van der Waals surface area contributed by atoms with Crippen LogP contribution in [0.2, 0.25) is 0 Å². The van der Waals surface area contributed by atoms with Gasteiger partial charge >= 0.3 is 5.97 Å². The lowest BCUT2D eigenvalue weighted by Crippen LogP contribution is -2.10. The van der Waals surface area contributed by atoms with Crippen LogP contribution in [-0.4, -0.2) is 33.1 Å². The number of carbonyl (C=O) groups excluding carboxylic acids is 2. The van der Waals surface area contributed by atoms with Crippen LogP contribution in [0.3, 0.4) is 0 Å². The topological polar surface area (TPSA) is 71.1 Å². The molecular weight excluding hydrogens is 324 g/mol. The van der Waals surface area contributed by atoms with Crippen LogP contribution in [0.5, 0.6) is 17.2 Å². The van der Waals surface area contributed by atoms with Crippen molar-refractivity contribution in [2.75, 3.05) is 21.3 Å². The Balaban J connectivity index is 1.92. The third kappa shape index (κ3) is 3.03. The molecule has 0 saturated heterocycles. The molecule has 3 rings (SSSR count). The fourth-order valence-electron chi connectivity index (χ4n) is 2.94. The number of benzene rings is 2. The number of ether oxygens (including phenoxy) is 4. The number of esters is 1. The summed E-state index contributed by atoms with van der Waals surface area (Å²) in [4.78, 5) is 24.8. The van der Waals surface area contributed by atoms with E-state index >= 15 is 0 Å². The Labute approximate surface area is 145 Å². The Morgan fingerprint density at radius 1 is 1.04 bits per heavy atom. The zero-order valence-corrected chi connectivity index (χ0v) is 14.2. The maximum absolute atomic E-state index is 12.8. The second kappa shape index (κ2) is 6.84. The van der Waals surface area contributed by atoms with Crippen LogP contribution in [0, 0.1) is 0 Å². The minimum absolute atomic E-state index is 0.0113. The lowest BCUT2D eigenvalue weighted by atomic mass is 9.97. The maximum Gasteiger partial charge on any atom is 0.339 e. The van der Waals surface area contributed by atoms with Crippen LogP contribution in [0.25, 0.3) is 0 Å². The van der Waals surface area contributed by atoms with Crippen LogP contribution in [0.15, 0.2) is 36.4 Å². The summed E-state index contributed by atoms with van der Waals surface area (Å²) < 4.78 is 21.1. The van der Waals surface area contributed by atoms with Crippen LogP contribution in [-0.2, 0) is 4.74 Å². The third-order valence-corrected chi connectivity index (χ3v) is 4.16. The zero-order valence-electron chi connectivity index (χ0n) is 14.2. The number of hydrogen-bond acceptors (Lipinski definition) is 6. The fraction of sp³-hybridized carbons (Fsp3) is 0.263. The SMILES string of the molecule is COc1ccc(OC)c(C(=O)CC2OC(=O)c3cccc(OC)c32)c1. The Hall–Kier alpha value is -3.02. The van der Waals surface area contributed by atoms with Gasteiger partial charge in [-0.15, -0.1) is 0 Å². The predicted octanol–water partition coefficient (Wildman–Crippen LogP) is 3.20. The molecule has 1 aliphatic rings. The molecule has 0 aromatic heterocycles. The molecule has 0 radical (unpaired) electrons. The van der Waals surface area contributed by atoms with Gasteiger partial charge in [0.2, 0.25) is 0 Å². The van der Waals surface area contributed by atoms with Gasteiger partial charge in [0, 0.05) is 5.56 Å². The summed E-state index contributed by atoms with van der Waals surface area (Å²) in [6.07, 6.45) is -0.704. The van der Waals surface area contributed by atoms with Crippen LogP contribution < -0.4 is 14.2 Å². The molecule has 0 saturated carbocycles. The van der Waals surface area contributed by atoms with E-state index in [0.717, 1.165) is 0 Å². The molecule has 6 heteroatoms. The van der Waals surface area contributed by atoms with Gasteiger partial charge < -0.3 is 18.9 Å². The molecule has 130 valence electrons. The van der Waals surface area contributed by atoms with Crippen LogP contribution >= 0.6 is 0 Å². The normalized spacial score (nSPS) is 15.3. The smallest absolute Gasteiger partial charge is 0.339 e. The quantitative estimate of drug-likeness (QED) is 0.593. The van der Waals surface area contributed by atoms with Gasteiger partial charge in [0.15, 0.2) is 5.78 Å². The van der Waals surface area contributed by atoms with Gasteiger partial charge in [0.1, 0.15) is 23.4 Å². The largest absolute Gasteiger partial charge is 0.497 e. The van der Waals surface area contributed by atoms with Crippen molar-refractivity contribution in [1.82, 2.24) is 0 Å². The average molecular weight is 342 g/mol. The summed E-state index contributed by atoms with van der Waals surface area (Å²) in [6.45, 7) is 0. The molecule has 0 bridgehead atoms. The zero-order chi connectivity index (χ0) is 18.0. The summed E-state index contributed by atoms with van der Waals surface area (Å²) in [5, 5.41) is 0. The Bertz CT molecular complexity index is 827. The number of cyclic esters (lactones) is 1. The second-order valence-electron chi connectivity index (χ2n) is 5.51. The van der Waals surface area contributed by atoms with Crippen LogP contribution in [0.4, 0.5) is 0 Å². The van der Waals surface area contributed by atoms with E-state index in [0.29, 0.717) is 33.9 Å². The standard InChI is InChI=1S/C19H18O6/c1-22-11-7-8-15(23-2)13(9-11)14(20)10-17-18-12(19(21)25-17)5-4-6-16(18)24-3/h4-9,17H,10H2,1-3H3. The number of hydrogen-bond donors (Lipinski definition) is 0. The Morgan fingerprint density at radius 3 is 2.48 bits per heavy atom. The number of fused-ring (bicyclic) bond motifs is 1. The van der Waals surface area contributed by atoms with E-state index in [1.165, 1.54) is 21.3 Å². The summed E-state index contributed by atoms with van der Waals surface area (Å²) in [5.74, 6) is 0.844. The lowest BCUT2D eigenvalue weighted by Gasteiger charge is -2.14. The monoisotopic (exact) mass is 342 g/mol. The molecule has 0 aliphatic carbocycles. The summed E-state index contributed by atoms with van der Waals surface area (Å²) >= 11 is 0. The average Bonchev–Trinajstić information content (AvgIpc) is 2.96. The Kier molecular flexibility index (Phi) is 4.61. The summed E-state index contributed by atoms with van der Waals surface area (Å²) in [5.41, 5.74) is 1.40. The van der Waals surface area contributed by atoms with Crippen molar-refractivity contribution in [2.45, 2.75) is 12.5 Å². The van der Waals surface area contributed by atoms with Crippen molar-refractivity contribution < 1.29 is 28.5 Å². The highest BCUT2D eigenvalue weighted by molar-refractivity contribution is 6.01. The molecule has 2 aromatic rings.